The van der Waals surface area contributed by atoms with Gasteiger partial charge in [0.1, 0.15) is 11.6 Å². The smallest absolute Gasteiger partial charge is 0.140 e. The van der Waals surface area contributed by atoms with Crippen LogP contribution in [0, 0.1) is 19.7 Å². The van der Waals surface area contributed by atoms with Crippen molar-refractivity contribution in [1.82, 2.24) is 10.3 Å². The third-order valence-corrected chi connectivity index (χ3v) is 7.92. The van der Waals surface area contributed by atoms with E-state index in [0.717, 1.165) is 40.8 Å². The summed E-state index contributed by atoms with van der Waals surface area (Å²) in [5, 5.41) is 9.94. The van der Waals surface area contributed by atoms with E-state index in [0.29, 0.717) is 40.4 Å². The van der Waals surface area contributed by atoms with Gasteiger partial charge in [-0.15, -0.1) is 0 Å². The monoisotopic (exact) mass is 592 g/mol. The Bertz CT molecular complexity index is 1510. The highest BCUT2D eigenvalue weighted by atomic mass is 19.1. The molecule has 3 N–H and O–H groups in total. The van der Waals surface area contributed by atoms with Crippen LogP contribution in [0.5, 0.6) is 0 Å². The molecule has 0 spiro atoms. The highest BCUT2D eigenvalue weighted by Crippen LogP contribution is 2.36. The Hall–Kier alpha value is -4.22. The second-order valence-corrected chi connectivity index (χ2v) is 11.1. The number of nitrogens with zero attached hydrogens (tertiary/aromatic N) is 1. The van der Waals surface area contributed by atoms with Gasteiger partial charge < -0.3 is 16.0 Å². The van der Waals surface area contributed by atoms with Gasteiger partial charge in [0.15, 0.2) is 0 Å². The molecular weight excluding hydrogens is 543 g/mol. The minimum absolute atomic E-state index is 0.362. The normalized spacial score (nSPS) is 11.8. The number of anilines is 2. The van der Waals surface area contributed by atoms with Crippen LogP contribution in [0.2, 0.25) is 0 Å². The summed E-state index contributed by atoms with van der Waals surface area (Å²) < 4.78 is 16.4. The number of benzene rings is 2. The molecule has 3 rings (SSSR count). The first-order valence-electron chi connectivity index (χ1n) is 15.6. The fourth-order valence-electron chi connectivity index (χ4n) is 5.16. The van der Waals surface area contributed by atoms with Gasteiger partial charge in [0.05, 0.1) is 0 Å². The average molecular weight is 593 g/mol. The predicted octanol–water partition coefficient (Wildman–Crippen LogP) is 10.3. The van der Waals surface area contributed by atoms with E-state index >= 15 is 4.39 Å². The Morgan fingerprint density at radius 3 is 2.36 bits per heavy atom. The molecule has 44 heavy (non-hydrogen) atoms. The largest absolute Gasteiger partial charge is 0.388 e. The van der Waals surface area contributed by atoms with Crippen LogP contribution in [0.15, 0.2) is 97.9 Å². The van der Waals surface area contributed by atoms with E-state index in [4.69, 9.17) is 0 Å². The molecule has 0 atom stereocenters. The van der Waals surface area contributed by atoms with Gasteiger partial charge in [-0.1, -0.05) is 100 Å². The number of halogens is 1. The van der Waals surface area contributed by atoms with Crippen LogP contribution in [-0.4, -0.2) is 25.1 Å². The fraction of sp³-hybridized carbons (Fsp3) is 0.308. The summed E-state index contributed by atoms with van der Waals surface area (Å²) in [6, 6.07) is 14.1. The summed E-state index contributed by atoms with van der Waals surface area (Å²) >= 11 is 0. The van der Waals surface area contributed by atoms with E-state index < -0.39 is 0 Å². The highest BCUT2D eigenvalue weighted by Gasteiger charge is 2.20. The number of nitrogens with one attached hydrogen (secondary N) is 3. The van der Waals surface area contributed by atoms with Crippen LogP contribution in [0.4, 0.5) is 15.9 Å². The number of rotatable bonds is 17. The van der Waals surface area contributed by atoms with E-state index in [2.05, 4.69) is 78.8 Å². The summed E-state index contributed by atoms with van der Waals surface area (Å²) in [5.74, 6) is 0.293. The quantitative estimate of drug-likeness (QED) is 0.108. The molecular formula is C39H49FN4. The molecule has 232 valence electrons. The van der Waals surface area contributed by atoms with E-state index in [1.807, 2.05) is 44.2 Å². The highest BCUT2D eigenvalue weighted by molar-refractivity contribution is 5.90. The molecule has 0 amide bonds. The summed E-state index contributed by atoms with van der Waals surface area (Å²) in [6.45, 7) is 22.3. The van der Waals surface area contributed by atoms with Crippen LogP contribution >= 0.6 is 0 Å². The Labute approximate surface area is 264 Å². The second kappa shape index (κ2) is 17.2. The maximum atomic E-state index is 16.4. The number of allylic oxidation sites excluding steroid dienone is 4. The van der Waals surface area contributed by atoms with E-state index in [9.17, 15) is 0 Å². The fourth-order valence-corrected chi connectivity index (χ4v) is 5.16. The predicted molar refractivity (Wildman–Crippen MR) is 190 cm³/mol. The second-order valence-electron chi connectivity index (χ2n) is 11.1. The zero-order valence-electron chi connectivity index (χ0n) is 27.2. The van der Waals surface area contributed by atoms with Crippen molar-refractivity contribution < 1.29 is 4.39 Å². The first-order valence-corrected chi connectivity index (χ1v) is 15.6. The third kappa shape index (κ3) is 8.90. The molecule has 0 bridgehead atoms. The van der Waals surface area contributed by atoms with Crippen molar-refractivity contribution in [2.75, 3.05) is 30.8 Å². The lowest BCUT2D eigenvalue weighted by Gasteiger charge is -2.20. The SMILES string of the molecule is C=C/C(=C\C(=C/C)c1ccc(NC)c(C(=C)C(=C)Nc2nccc(-c3ccc(C)cc3)c2C)c1F)CNCCCCCCC. The van der Waals surface area contributed by atoms with Gasteiger partial charge >= 0.3 is 0 Å². The molecule has 5 heteroatoms. The third-order valence-electron chi connectivity index (χ3n) is 7.92. The van der Waals surface area contributed by atoms with E-state index in [1.54, 1.807) is 19.3 Å². The zero-order valence-corrected chi connectivity index (χ0v) is 27.2. The van der Waals surface area contributed by atoms with Gasteiger partial charge in [-0.3, -0.25) is 0 Å². The Balaban J connectivity index is 1.83. The van der Waals surface area contributed by atoms with Gasteiger partial charge in [-0.05, 0) is 79.8 Å². The van der Waals surface area contributed by atoms with Crippen molar-refractivity contribution in [3.05, 3.63) is 126 Å². The molecule has 0 aliphatic rings. The average Bonchev–Trinajstić information content (AvgIpc) is 3.03. The van der Waals surface area contributed by atoms with Crippen LogP contribution in [0.1, 0.15) is 68.2 Å². The van der Waals surface area contributed by atoms with Crippen molar-refractivity contribution in [3.8, 4) is 11.1 Å². The molecule has 0 saturated carbocycles. The van der Waals surface area contributed by atoms with Gasteiger partial charge in [-0.25, -0.2) is 9.37 Å². The Morgan fingerprint density at radius 1 is 0.977 bits per heavy atom. The lowest BCUT2D eigenvalue weighted by atomic mass is 9.94. The summed E-state index contributed by atoms with van der Waals surface area (Å²) in [6.07, 6.45) is 13.7. The molecule has 0 radical (unpaired) electrons. The molecule has 4 nitrogen and oxygen atoms in total. The molecule has 0 aliphatic carbocycles. The number of hydrogen-bond acceptors (Lipinski definition) is 4. The summed E-state index contributed by atoms with van der Waals surface area (Å²) in [4.78, 5) is 4.56. The summed E-state index contributed by atoms with van der Waals surface area (Å²) in [7, 11) is 1.78. The maximum Gasteiger partial charge on any atom is 0.140 e. The van der Waals surface area contributed by atoms with E-state index in [-0.39, 0.29) is 5.82 Å². The molecule has 2 aromatic carbocycles. The Kier molecular flexibility index (Phi) is 13.4. The molecule has 0 fully saturated rings. The van der Waals surface area contributed by atoms with Crippen molar-refractivity contribution in [2.24, 2.45) is 0 Å². The molecule has 1 heterocycles. The molecule has 0 unspecified atom stereocenters. The molecule has 1 aromatic heterocycles. The first kappa shape index (κ1) is 34.3. The van der Waals surface area contributed by atoms with Gasteiger partial charge in [0.25, 0.3) is 0 Å². The zero-order chi connectivity index (χ0) is 32.1. The minimum Gasteiger partial charge on any atom is -0.388 e. The van der Waals surface area contributed by atoms with Crippen LogP contribution in [0.3, 0.4) is 0 Å². The molecule has 0 aliphatic heterocycles. The summed E-state index contributed by atoms with van der Waals surface area (Å²) in [5.41, 5.74) is 8.54. The number of aryl methyl sites for hydroxylation is 1. The topological polar surface area (TPSA) is 49.0 Å². The lowest BCUT2D eigenvalue weighted by molar-refractivity contribution is 0.598. The van der Waals surface area contributed by atoms with Crippen molar-refractivity contribution >= 4 is 22.7 Å². The number of unbranched alkanes of at least 4 members (excludes halogenated alkanes) is 4. The molecule has 0 saturated heterocycles. The van der Waals surface area contributed by atoms with Crippen molar-refractivity contribution in [3.63, 3.8) is 0 Å². The van der Waals surface area contributed by atoms with Crippen LogP contribution < -0.4 is 16.0 Å². The van der Waals surface area contributed by atoms with Gasteiger partial charge in [0.2, 0.25) is 0 Å². The van der Waals surface area contributed by atoms with Gasteiger partial charge in [-0.2, -0.15) is 0 Å². The maximum absolute atomic E-state index is 16.4. The Morgan fingerprint density at radius 2 is 1.70 bits per heavy atom. The van der Waals surface area contributed by atoms with Crippen molar-refractivity contribution in [1.29, 1.82) is 0 Å². The van der Waals surface area contributed by atoms with Crippen LogP contribution in [-0.2, 0) is 0 Å². The lowest BCUT2D eigenvalue weighted by Crippen LogP contribution is -2.18. The number of pyridine rings is 1. The van der Waals surface area contributed by atoms with Crippen LogP contribution in [0.25, 0.3) is 22.3 Å². The minimum atomic E-state index is -0.362. The van der Waals surface area contributed by atoms with Gasteiger partial charge in [0, 0.05) is 47.9 Å². The standard InChI is InChI=1S/C39H49FN4/c1-9-12-13-14-15-23-42-26-31(10-2)25-32(11-3)35-20-21-36(41-8)37(38(35)40)28(5)30(7)44-39-29(6)34(22-24-43-39)33-18-16-27(4)17-19-33/h10-11,16-22,24-25,41-42H,2,5,7,9,12-15,23,26H2,1,3-4,6,8H3,(H,43,44)/b31-25+,32-11+. The number of aromatic nitrogens is 1. The van der Waals surface area contributed by atoms with E-state index in [1.165, 1.54) is 31.2 Å². The first-order chi connectivity index (χ1) is 21.2. The molecule has 3 aromatic rings. The number of hydrogen-bond donors (Lipinski definition) is 3. The van der Waals surface area contributed by atoms with Crippen molar-refractivity contribution in [2.45, 2.75) is 59.8 Å².